The molecule has 0 aliphatic heterocycles. The average molecular weight is 453 g/mol. The highest BCUT2D eigenvalue weighted by atomic mass is 16.3. The molecule has 5 nitrogen and oxygen atoms in total. The number of hydrogen-bond donors (Lipinski definition) is 2. The first-order chi connectivity index (χ1) is 15.6. The number of nitrogens with zero attached hydrogens (tertiary/aromatic N) is 2. The Balaban J connectivity index is 3.55. The molecule has 1 amide bonds. The molecule has 0 aromatic heterocycles. The van der Waals surface area contributed by atoms with Crippen LogP contribution in [0.2, 0.25) is 0 Å². The predicted molar refractivity (Wildman–Crippen MR) is 135 cm³/mol. The van der Waals surface area contributed by atoms with Crippen molar-refractivity contribution < 1.29 is 14.4 Å². The fraction of sp³-hybridized carbons (Fsp3) is 0.926. The van der Waals surface area contributed by atoms with Crippen molar-refractivity contribution in [3.8, 4) is 6.07 Å². The van der Waals surface area contributed by atoms with Gasteiger partial charge in [-0.1, -0.05) is 96.8 Å². The highest BCUT2D eigenvalue weighted by molar-refractivity contribution is 5.75. The molecule has 0 aromatic carbocycles. The van der Waals surface area contributed by atoms with E-state index in [2.05, 4.69) is 25.2 Å². The summed E-state index contributed by atoms with van der Waals surface area (Å²) >= 11 is 0. The Hall–Kier alpha value is -1.12. The molecule has 2 N–H and O–H groups in total. The van der Waals surface area contributed by atoms with Crippen LogP contribution in [-0.4, -0.2) is 54.8 Å². The molecule has 1 unspecified atom stereocenters. The Morgan fingerprint density at radius 1 is 0.781 bits per heavy atom. The van der Waals surface area contributed by atoms with E-state index in [4.69, 9.17) is 5.26 Å². The van der Waals surface area contributed by atoms with Crippen LogP contribution in [0.15, 0.2) is 0 Å². The number of likely N-dealkylation sites (N-methyl/N-ethyl adjacent to an activating group) is 1. The lowest BCUT2D eigenvalue weighted by Crippen LogP contribution is -2.53. The first kappa shape index (κ1) is 30.9. The molecule has 32 heavy (non-hydrogen) atoms. The third-order valence-corrected chi connectivity index (χ3v) is 6.86. The van der Waals surface area contributed by atoms with Gasteiger partial charge in [-0.3, -0.25) is 4.79 Å². The lowest BCUT2D eigenvalue weighted by Gasteiger charge is -2.36. The molecule has 0 spiro atoms. The van der Waals surface area contributed by atoms with E-state index in [9.17, 15) is 9.90 Å². The molecule has 0 saturated heterocycles. The number of nitrogens with one attached hydrogen (secondary N) is 1. The smallest absolute Gasteiger partial charge is 0.220 e. The maximum atomic E-state index is 12.1. The van der Waals surface area contributed by atoms with Crippen LogP contribution in [0.25, 0.3) is 0 Å². The minimum absolute atomic E-state index is 0.117. The minimum atomic E-state index is 0.117. The van der Waals surface area contributed by atoms with Gasteiger partial charge in [-0.25, -0.2) is 0 Å². The number of aliphatic hydroxyl groups excluding tert-OH is 1. The molecule has 0 heterocycles. The highest BCUT2D eigenvalue weighted by Crippen LogP contribution is 2.13. The molecule has 0 bridgehead atoms. The molecule has 0 aliphatic carbocycles. The van der Waals surface area contributed by atoms with Gasteiger partial charge in [0.15, 0.2) is 0 Å². The zero-order valence-corrected chi connectivity index (χ0v) is 21.5. The van der Waals surface area contributed by atoms with E-state index in [1.807, 2.05) is 0 Å². The van der Waals surface area contributed by atoms with Crippen molar-refractivity contribution >= 4 is 5.91 Å². The summed E-state index contributed by atoms with van der Waals surface area (Å²) < 4.78 is 0.698. The number of unbranched alkanes of at least 4 members (excludes halogenated alkanes) is 14. The van der Waals surface area contributed by atoms with Gasteiger partial charge in [-0.05, 0) is 13.3 Å². The molecule has 5 heteroatoms. The summed E-state index contributed by atoms with van der Waals surface area (Å²) in [6, 6.07) is 2.20. The standard InChI is InChI=1S/C27H53N3O2/c1-3-5-6-7-8-9-10-11-12-13-14-15-16-17-18-20-27(32)29-22-24-30(4-2,25-26-31)23-19-21-28/h31H,3-20,22-26H2,1-2H3/p+1. The number of hydrogen-bond acceptors (Lipinski definition) is 3. The molecule has 0 saturated carbocycles. The summed E-state index contributed by atoms with van der Waals surface area (Å²) in [7, 11) is 0. The summed E-state index contributed by atoms with van der Waals surface area (Å²) in [5.74, 6) is 0.137. The van der Waals surface area contributed by atoms with Crippen molar-refractivity contribution in [1.82, 2.24) is 5.32 Å². The highest BCUT2D eigenvalue weighted by Gasteiger charge is 2.24. The van der Waals surface area contributed by atoms with Crippen LogP contribution in [0.5, 0.6) is 0 Å². The van der Waals surface area contributed by atoms with E-state index in [0.29, 0.717) is 30.4 Å². The Bertz CT molecular complexity index is 464. The van der Waals surface area contributed by atoms with Gasteiger partial charge in [-0.2, -0.15) is 5.26 Å². The largest absolute Gasteiger partial charge is 0.391 e. The number of amides is 1. The Labute approximate surface area is 199 Å². The summed E-state index contributed by atoms with van der Waals surface area (Å²) in [5.41, 5.74) is 0. The van der Waals surface area contributed by atoms with Crippen molar-refractivity contribution in [3.05, 3.63) is 0 Å². The molecule has 188 valence electrons. The molecular weight excluding hydrogens is 398 g/mol. The van der Waals surface area contributed by atoms with Gasteiger partial charge < -0.3 is 14.9 Å². The maximum Gasteiger partial charge on any atom is 0.220 e. The van der Waals surface area contributed by atoms with Crippen molar-refractivity contribution in [3.63, 3.8) is 0 Å². The van der Waals surface area contributed by atoms with E-state index in [1.54, 1.807) is 0 Å². The zero-order chi connectivity index (χ0) is 23.8. The summed E-state index contributed by atoms with van der Waals surface area (Å²) in [4.78, 5) is 12.1. The number of aliphatic hydroxyl groups is 1. The normalized spacial score (nSPS) is 12.9. The van der Waals surface area contributed by atoms with E-state index >= 15 is 0 Å². The van der Waals surface area contributed by atoms with Crippen LogP contribution in [0, 0.1) is 11.3 Å². The van der Waals surface area contributed by atoms with Gasteiger partial charge in [0.05, 0.1) is 45.3 Å². The van der Waals surface area contributed by atoms with Crippen molar-refractivity contribution in [1.29, 1.82) is 5.26 Å². The van der Waals surface area contributed by atoms with Crippen LogP contribution in [0.3, 0.4) is 0 Å². The zero-order valence-electron chi connectivity index (χ0n) is 21.5. The molecular formula is C27H54N3O2+. The second-order valence-corrected chi connectivity index (χ2v) is 9.51. The van der Waals surface area contributed by atoms with Gasteiger partial charge in [0, 0.05) is 6.42 Å². The fourth-order valence-corrected chi connectivity index (χ4v) is 4.49. The molecule has 0 radical (unpaired) electrons. The van der Waals surface area contributed by atoms with Gasteiger partial charge in [0.25, 0.3) is 0 Å². The second kappa shape index (κ2) is 23.1. The SMILES string of the molecule is CCCCCCCCCCCCCCCCCC(=O)NCC[N+](CC)(CCO)CCC#N. The van der Waals surface area contributed by atoms with Gasteiger partial charge in [0.1, 0.15) is 6.54 Å². The van der Waals surface area contributed by atoms with Gasteiger partial charge in [-0.15, -0.1) is 0 Å². The Morgan fingerprint density at radius 3 is 1.72 bits per heavy atom. The third-order valence-electron chi connectivity index (χ3n) is 6.86. The number of quaternary nitrogens is 1. The topological polar surface area (TPSA) is 73.1 Å². The van der Waals surface area contributed by atoms with Crippen molar-refractivity contribution in [2.24, 2.45) is 0 Å². The maximum absolute atomic E-state index is 12.1. The van der Waals surface area contributed by atoms with Crippen LogP contribution in [-0.2, 0) is 4.79 Å². The fourth-order valence-electron chi connectivity index (χ4n) is 4.49. The summed E-state index contributed by atoms with van der Waals surface area (Å²) in [6.07, 6.45) is 21.1. The van der Waals surface area contributed by atoms with Crippen LogP contribution < -0.4 is 5.32 Å². The minimum Gasteiger partial charge on any atom is -0.391 e. The number of carbonyl (C=O) groups excluding carboxylic acids is 1. The van der Waals surface area contributed by atoms with Gasteiger partial charge >= 0.3 is 0 Å². The Morgan fingerprint density at radius 2 is 1.28 bits per heavy atom. The van der Waals surface area contributed by atoms with Crippen molar-refractivity contribution in [2.45, 2.75) is 123 Å². The molecule has 1 atom stereocenters. The average Bonchev–Trinajstić information content (AvgIpc) is 2.80. The van der Waals surface area contributed by atoms with E-state index in [0.717, 1.165) is 32.5 Å². The molecule has 0 aliphatic rings. The predicted octanol–water partition coefficient (Wildman–Crippen LogP) is 6.11. The first-order valence-corrected chi connectivity index (χ1v) is 13.7. The summed E-state index contributed by atoms with van der Waals surface area (Å²) in [6.45, 7) is 8.14. The summed E-state index contributed by atoms with van der Waals surface area (Å²) in [5, 5.41) is 21.3. The molecule has 0 aromatic rings. The van der Waals surface area contributed by atoms with E-state index in [1.165, 1.54) is 83.5 Å². The number of rotatable bonds is 24. The van der Waals surface area contributed by atoms with E-state index in [-0.39, 0.29) is 12.5 Å². The molecule has 0 rings (SSSR count). The van der Waals surface area contributed by atoms with Crippen LogP contribution in [0.1, 0.15) is 123 Å². The van der Waals surface area contributed by atoms with Crippen LogP contribution in [0.4, 0.5) is 0 Å². The third kappa shape index (κ3) is 18.5. The Kier molecular flexibility index (Phi) is 22.2. The second-order valence-electron chi connectivity index (χ2n) is 9.51. The quantitative estimate of drug-likeness (QED) is 0.137. The first-order valence-electron chi connectivity index (χ1n) is 13.7. The lowest BCUT2D eigenvalue weighted by atomic mass is 10.0. The van der Waals surface area contributed by atoms with Crippen LogP contribution >= 0.6 is 0 Å². The number of carbonyl (C=O) groups is 1. The lowest BCUT2D eigenvalue weighted by molar-refractivity contribution is -0.925. The van der Waals surface area contributed by atoms with Crippen molar-refractivity contribution in [2.75, 3.05) is 39.3 Å². The number of nitriles is 1. The monoisotopic (exact) mass is 452 g/mol. The van der Waals surface area contributed by atoms with Gasteiger partial charge in [0.2, 0.25) is 5.91 Å². The van der Waals surface area contributed by atoms with E-state index < -0.39 is 0 Å². The molecule has 0 fully saturated rings.